The van der Waals surface area contributed by atoms with Crippen molar-refractivity contribution in [1.82, 2.24) is 5.32 Å². The van der Waals surface area contributed by atoms with E-state index in [4.69, 9.17) is 9.16 Å². The van der Waals surface area contributed by atoms with Crippen molar-refractivity contribution >= 4 is 15.1 Å². The van der Waals surface area contributed by atoms with Crippen LogP contribution in [0.3, 0.4) is 0 Å². The highest BCUT2D eigenvalue weighted by Crippen LogP contribution is 2.32. The Morgan fingerprint density at radius 1 is 1.56 bits per heavy atom. The van der Waals surface area contributed by atoms with Gasteiger partial charge in [-0.05, 0) is 37.8 Å². The minimum atomic E-state index is -0.917. The van der Waals surface area contributed by atoms with Crippen molar-refractivity contribution in [2.75, 3.05) is 7.11 Å². The van der Waals surface area contributed by atoms with E-state index in [-0.39, 0.29) is 18.2 Å². The first-order chi connectivity index (χ1) is 7.69. The molecule has 1 saturated heterocycles. The second-order valence-electron chi connectivity index (χ2n) is 5.00. The van der Waals surface area contributed by atoms with Gasteiger partial charge in [0.15, 0.2) is 9.04 Å². The molecule has 0 aromatic heterocycles. The minimum Gasteiger partial charge on any atom is -0.444 e. The van der Waals surface area contributed by atoms with Crippen LogP contribution in [0.2, 0.25) is 12.6 Å². The molecule has 1 heterocycles. The number of carbonyl (C=O) groups is 1. The molecular formula is C11H21NO3Si. The molecule has 0 spiro atoms. The van der Waals surface area contributed by atoms with E-state index >= 15 is 0 Å². The molecule has 1 N–H and O–H groups in total. The molecule has 2 fully saturated rings. The number of hydrogen-bond acceptors (Lipinski definition) is 3. The average molecular weight is 243 g/mol. The zero-order valence-electron chi connectivity index (χ0n) is 10.1. The van der Waals surface area contributed by atoms with Crippen molar-refractivity contribution in [2.24, 2.45) is 5.92 Å². The SMILES string of the molecule is CO[SiH](C)CCC1CCC2NC(=O)OC2C1. The van der Waals surface area contributed by atoms with Crippen LogP contribution >= 0.6 is 0 Å². The van der Waals surface area contributed by atoms with E-state index in [1.165, 1.54) is 18.9 Å². The second-order valence-corrected chi connectivity index (χ2v) is 7.67. The molecule has 5 heteroatoms. The average Bonchev–Trinajstić information content (AvgIpc) is 2.65. The molecule has 4 atom stereocenters. The fourth-order valence-electron chi connectivity index (χ4n) is 2.68. The quantitative estimate of drug-likeness (QED) is 0.764. The number of amides is 1. The van der Waals surface area contributed by atoms with Crippen LogP contribution in [0.25, 0.3) is 0 Å². The largest absolute Gasteiger partial charge is 0.444 e. The van der Waals surface area contributed by atoms with Gasteiger partial charge in [0.2, 0.25) is 0 Å². The lowest BCUT2D eigenvalue weighted by atomic mass is 9.83. The maximum atomic E-state index is 11.1. The van der Waals surface area contributed by atoms with Crippen molar-refractivity contribution in [1.29, 1.82) is 0 Å². The summed E-state index contributed by atoms with van der Waals surface area (Å²) in [5.41, 5.74) is 0. The Bertz CT molecular complexity index is 262. The first-order valence-corrected chi connectivity index (χ1v) is 8.63. The highest BCUT2D eigenvalue weighted by molar-refractivity contribution is 6.50. The summed E-state index contributed by atoms with van der Waals surface area (Å²) in [7, 11) is 0.898. The maximum absolute atomic E-state index is 11.1. The monoisotopic (exact) mass is 243 g/mol. The standard InChI is InChI=1S/C11H21NO3Si/c1-14-16(2)6-5-8-3-4-9-10(7-8)15-11(13)12-9/h8-10,16H,3-7H2,1-2H3,(H,12,13). The molecule has 1 aliphatic heterocycles. The van der Waals surface area contributed by atoms with Gasteiger partial charge in [-0.3, -0.25) is 0 Å². The van der Waals surface area contributed by atoms with Gasteiger partial charge in [-0.25, -0.2) is 4.79 Å². The third-order valence-electron chi connectivity index (χ3n) is 3.85. The van der Waals surface area contributed by atoms with Gasteiger partial charge in [0, 0.05) is 7.11 Å². The highest BCUT2D eigenvalue weighted by atomic mass is 28.3. The molecule has 1 saturated carbocycles. The third kappa shape index (κ3) is 2.77. The first-order valence-electron chi connectivity index (χ1n) is 6.19. The van der Waals surface area contributed by atoms with Crippen molar-refractivity contribution in [3.05, 3.63) is 0 Å². The summed E-state index contributed by atoms with van der Waals surface area (Å²) in [6.07, 6.45) is 4.47. The molecule has 16 heavy (non-hydrogen) atoms. The van der Waals surface area contributed by atoms with Gasteiger partial charge >= 0.3 is 6.09 Å². The smallest absolute Gasteiger partial charge is 0.407 e. The van der Waals surface area contributed by atoms with E-state index in [9.17, 15) is 4.79 Å². The van der Waals surface area contributed by atoms with Crippen LogP contribution in [0.15, 0.2) is 0 Å². The van der Waals surface area contributed by atoms with E-state index in [0.29, 0.717) is 0 Å². The lowest BCUT2D eigenvalue weighted by molar-refractivity contribution is 0.0929. The van der Waals surface area contributed by atoms with Gasteiger partial charge in [-0.15, -0.1) is 0 Å². The Morgan fingerprint density at radius 2 is 2.38 bits per heavy atom. The summed E-state index contributed by atoms with van der Waals surface area (Å²) in [5, 5.41) is 2.88. The van der Waals surface area contributed by atoms with E-state index in [0.717, 1.165) is 18.8 Å². The Hall–Kier alpha value is -0.553. The molecule has 2 rings (SSSR count). The molecule has 4 nitrogen and oxygen atoms in total. The Kier molecular flexibility index (Phi) is 3.86. The maximum Gasteiger partial charge on any atom is 0.407 e. The van der Waals surface area contributed by atoms with Crippen LogP contribution < -0.4 is 5.32 Å². The molecule has 0 radical (unpaired) electrons. The summed E-state index contributed by atoms with van der Waals surface area (Å²) in [5.74, 6) is 0.721. The third-order valence-corrected chi connectivity index (χ3v) is 5.80. The van der Waals surface area contributed by atoms with Crippen molar-refractivity contribution in [3.8, 4) is 0 Å². The number of rotatable bonds is 4. The number of hydrogen-bond donors (Lipinski definition) is 1. The van der Waals surface area contributed by atoms with E-state index in [2.05, 4.69) is 11.9 Å². The summed E-state index contributed by atoms with van der Waals surface area (Å²) >= 11 is 0. The second kappa shape index (κ2) is 5.18. The molecule has 2 aliphatic rings. The molecule has 0 aromatic carbocycles. The predicted octanol–water partition coefficient (Wildman–Crippen LogP) is 1.65. The molecular weight excluding hydrogens is 222 g/mol. The Balaban J connectivity index is 1.75. The molecule has 0 bridgehead atoms. The summed E-state index contributed by atoms with van der Waals surface area (Å²) in [6.45, 7) is 2.24. The van der Waals surface area contributed by atoms with Gasteiger partial charge < -0.3 is 14.5 Å². The van der Waals surface area contributed by atoms with Crippen LogP contribution in [-0.2, 0) is 9.16 Å². The fraction of sp³-hybridized carbons (Fsp3) is 0.909. The summed E-state index contributed by atoms with van der Waals surface area (Å²) in [4.78, 5) is 11.1. The number of carbonyl (C=O) groups excluding carboxylic acids is 1. The van der Waals surface area contributed by atoms with Gasteiger partial charge in [-0.2, -0.15) is 0 Å². The topological polar surface area (TPSA) is 47.6 Å². The molecule has 1 aliphatic carbocycles. The zero-order valence-corrected chi connectivity index (χ0v) is 11.2. The number of nitrogens with one attached hydrogen (secondary N) is 1. The number of ether oxygens (including phenoxy) is 1. The van der Waals surface area contributed by atoms with E-state index in [1.807, 2.05) is 7.11 Å². The Morgan fingerprint density at radius 3 is 3.12 bits per heavy atom. The molecule has 92 valence electrons. The van der Waals surface area contributed by atoms with Gasteiger partial charge in [0.1, 0.15) is 6.10 Å². The van der Waals surface area contributed by atoms with Crippen LogP contribution in [-0.4, -0.2) is 34.4 Å². The van der Waals surface area contributed by atoms with Gasteiger partial charge in [0.25, 0.3) is 0 Å². The number of alkyl carbamates (subject to hydrolysis) is 1. The highest BCUT2D eigenvalue weighted by Gasteiger charge is 2.38. The van der Waals surface area contributed by atoms with Gasteiger partial charge in [0.05, 0.1) is 6.04 Å². The molecule has 1 amide bonds. The zero-order chi connectivity index (χ0) is 11.5. The number of fused-ring (bicyclic) bond motifs is 1. The van der Waals surface area contributed by atoms with Crippen molar-refractivity contribution < 1.29 is 14.0 Å². The summed E-state index contributed by atoms with van der Waals surface area (Å²) < 4.78 is 10.6. The molecule has 4 unspecified atom stereocenters. The lowest BCUT2D eigenvalue weighted by Crippen LogP contribution is -2.37. The Labute approximate surface area is 98.4 Å². The summed E-state index contributed by atoms with van der Waals surface area (Å²) in [6, 6.07) is 1.51. The van der Waals surface area contributed by atoms with Gasteiger partial charge in [-0.1, -0.05) is 6.42 Å². The lowest BCUT2D eigenvalue weighted by Gasteiger charge is -2.29. The van der Waals surface area contributed by atoms with E-state index in [1.54, 1.807) is 0 Å². The van der Waals surface area contributed by atoms with E-state index < -0.39 is 9.04 Å². The molecule has 0 aromatic rings. The van der Waals surface area contributed by atoms with Crippen LogP contribution in [0.4, 0.5) is 4.79 Å². The van der Waals surface area contributed by atoms with Crippen LogP contribution in [0, 0.1) is 5.92 Å². The predicted molar refractivity (Wildman–Crippen MR) is 64.0 cm³/mol. The fourth-order valence-corrected chi connectivity index (χ4v) is 3.86. The van der Waals surface area contributed by atoms with Crippen molar-refractivity contribution in [3.63, 3.8) is 0 Å². The van der Waals surface area contributed by atoms with Crippen LogP contribution in [0.5, 0.6) is 0 Å². The van der Waals surface area contributed by atoms with Crippen LogP contribution in [0.1, 0.15) is 25.7 Å². The van der Waals surface area contributed by atoms with Crippen molar-refractivity contribution in [2.45, 2.75) is 50.4 Å². The normalized spacial score (nSPS) is 35.1. The first kappa shape index (κ1) is 11.9. The minimum absolute atomic E-state index is 0.130.